The minimum Gasteiger partial charge on any atom is -0.507 e. The summed E-state index contributed by atoms with van der Waals surface area (Å²) in [5, 5.41) is 22.3. The highest BCUT2D eigenvalue weighted by Gasteiger charge is 2.24. The van der Waals surface area contributed by atoms with E-state index in [1.54, 1.807) is 6.07 Å². The maximum Gasteiger partial charge on any atom is 0.127 e. The summed E-state index contributed by atoms with van der Waals surface area (Å²) in [6, 6.07) is 7.51. The van der Waals surface area contributed by atoms with Gasteiger partial charge in [0.2, 0.25) is 0 Å². The van der Waals surface area contributed by atoms with Gasteiger partial charge in [0.25, 0.3) is 0 Å². The van der Waals surface area contributed by atoms with E-state index in [1.807, 2.05) is 18.2 Å². The minimum absolute atomic E-state index is 0.259. The highest BCUT2D eigenvalue weighted by atomic mass is 16.3. The Balaban J connectivity index is 2.84. The van der Waals surface area contributed by atoms with Crippen LogP contribution in [0, 0.1) is 0 Å². The number of unbranched alkanes of at least 4 members (excludes halogenated alkanes) is 4. The van der Waals surface area contributed by atoms with Gasteiger partial charge in [0.05, 0.1) is 0 Å². The predicted octanol–water partition coefficient (Wildman–Crippen LogP) is 8.14. The van der Waals surface area contributed by atoms with Gasteiger partial charge in [-0.2, -0.15) is 0 Å². The van der Waals surface area contributed by atoms with Gasteiger partial charge in [-0.05, 0) is 79.7 Å². The van der Waals surface area contributed by atoms with Crippen LogP contribution in [0.2, 0.25) is 0 Å². The monoisotopic (exact) mass is 410 g/mol. The van der Waals surface area contributed by atoms with Gasteiger partial charge in [-0.25, -0.2) is 0 Å². The van der Waals surface area contributed by atoms with Crippen molar-refractivity contribution in [3.8, 4) is 22.6 Å². The summed E-state index contributed by atoms with van der Waals surface area (Å²) in [7, 11) is 0. The molecule has 166 valence electrons. The lowest BCUT2D eigenvalue weighted by molar-refractivity contribution is 0.461. The van der Waals surface area contributed by atoms with Gasteiger partial charge in [-0.3, -0.25) is 0 Å². The van der Waals surface area contributed by atoms with Crippen LogP contribution in [0.25, 0.3) is 11.1 Å². The minimum atomic E-state index is 0.259. The number of phenolic OH excluding ortho intramolecular Hbond substituents is 2. The summed E-state index contributed by atoms with van der Waals surface area (Å²) in [6.07, 6.45) is 13.0. The van der Waals surface area contributed by atoms with Gasteiger partial charge < -0.3 is 10.2 Å². The van der Waals surface area contributed by atoms with Crippen molar-refractivity contribution < 1.29 is 10.2 Å². The Bertz CT molecular complexity index is 792. The van der Waals surface area contributed by atoms with E-state index >= 15 is 0 Å². The van der Waals surface area contributed by atoms with Gasteiger partial charge >= 0.3 is 0 Å². The lowest BCUT2D eigenvalue weighted by atomic mass is 9.80. The van der Waals surface area contributed by atoms with E-state index in [0.29, 0.717) is 5.75 Å². The third-order valence-corrected chi connectivity index (χ3v) is 6.21. The zero-order valence-electron chi connectivity index (χ0n) is 19.7. The number of aromatic hydroxyl groups is 2. The van der Waals surface area contributed by atoms with Crippen molar-refractivity contribution in [3.05, 3.63) is 46.5 Å². The highest BCUT2D eigenvalue weighted by Crippen LogP contribution is 2.45. The average Bonchev–Trinajstić information content (AvgIpc) is 2.75. The molecule has 0 aliphatic heterocycles. The van der Waals surface area contributed by atoms with E-state index in [-0.39, 0.29) is 5.75 Å². The molecule has 2 rings (SSSR count). The van der Waals surface area contributed by atoms with E-state index in [4.69, 9.17) is 0 Å². The highest BCUT2D eigenvalue weighted by molar-refractivity contribution is 5.82. The summed E-state index contributed by atoms with van der Waals surface area (Å²) in [4.78, 5) is 0. The Morgan fingerprint density at radius 2 is 1.00 bits per heavy atom. The first-order valence-electron chi connectivity index (χ1n) is 12.3. The van der Waals surface area contributed by atoms with Crippen molar-refractivity contribution >= 4 is 0 Å². The lowest BCUT2D eigenvalue weighted by Gasteiger charge is -2.25. The Morgan fingerprint density at radius 3 is 1.50 bits per heavy atom. The van der Waals surface area contributed by atoms with Gasteiger partial charge in [0, 0.05) is 11.1 Å². The zero-order valence-corrected chi connectivity index (χ0v) is 19.7. The predicted molar refractivity (Wildman–Crippen MR) is 130 cm³/mol. The van der Waals surface area contributed by atoms with Gasteiger partial charge in [0.1, 0.15) is 11.5 Å². The molecule has 0 spiro atoms. The van der Waals surface area contributed by atoms with Crippen molar-refractivity contribution in [3.63, 3.8) is 0 Å². The molecule has 0 aliphatic carbocycles. The van der Waals surface area contributed by atoms with Crippen molar-refractivity contribution in [1.29, 1.82) is 0 Å². The standard InChI is InChI=1S/C28H42O2/c1-5-9-15-21-22(16-10-6-2)24(18-12-8-4)28(30)27(23(21)17-11-7-3)25-19-13-14-20-26(25)29/h13-14,19-20,29-30H,5-12,15-18H2,1-4H3. The van der Waals surface area contributed by atoms with Crippen molar-refractivity contribution in [1.82, 2.24) is 0 Å². The zero-order chi connectivity index (χ0) is 21.9. The number of para-hydroxylation sites is 1. The number of rotatable bonds is 13. The van der Waals surface area contributed by atoms with E-state index in [1.165, 1.54) is 16.7 Å². The molecule has 0 atom stereocenters. The molecular weight excluding hydrogens is 368 g/mol. The van der Waals surface area contributed by atoms with Gasteiger partial charge in [-0.15, -0.1) is 0 Å². The molecule has 30 heavy (non-hydrogen) atoms. The summed E-state index contributed by atoms with van der Waals surface area (Å²) < 4.78 is 0. The molecule has 2 aromatic carbocycles. The summed E-state index contributed by atoms with van der Waals surface area (Å²) in [6.45, 7) is 8.92. The quantitative estimate of drug-likeness (QED) is 0.350. The lowest BCUT2D eigenvalue weighted by Crippen LogP contribution is -2.09. The van der Waals surface area contributed by atoms with Gasteiger partial charge in [-0.1, -0.05) is 71.6 Å². The van der Waals surface area contributed by atoms with Crippen LogP contribution in [0.5, 0.6) is 11.5 Å². The molecule has 2 nitrogen and oxygen atoms in total. The number of phenols is 2. The Morgan fingerprint density at radius 1 is 0.567 bits per heavy atom. The molecule has 0 fully saturated rings. The fourth-order valence-electron chi connectivity index (χ4n) is 4.49. The smallest absolute Gasteiger partial charge is 0.127 e. The molecule has 0 aliphatic rings. The Kier molecular flexibility index (Phi) is 10.3. The maximum absolute atomic E-state index is 11.6. The molecule has 0 aromatic heterocycles. The van der Waals surface area contributed by atoms with Crippen LogP contribution in [0.15, 0.2) is 24.3 Å². The van der Waals surface area contributed by atoms with Crippen molar-refractivity contribution in [2.24, 2.45) is 0 Å². The fourth-order valence-corrected chi connectivity index (χ4v) is 4.49. The van der Waals surface area contributed by atoms with Crippen LogP contribution in [0.1, 0.15) is 101 Å². The first kappa shape index (κ1) is 24.3. The first-order chi connectivity index (χ1) is 14.6. The molecule has 2 aromatic rings. The van der Waals surface area contributed by atoms with Crippen LogP contribution in [-0.2, 0) is 25.7 Å². The number of hydrogen-bond acceptors (Lipinski definition) is 2. The maximum atomic E-state index is 11.6. The summed E-state index contributed by atoms with van der Waals surface area (Å²) >= 11 is 0. The van der Waals surface area contributed by atoms with Crippen molar-refractivity contribution in [2.75, 3.05) is 0 Å². The molecular formula is C28H42O2. The van der Waals surface area contributed by atoms with Crippen molar-refractivity contribution in [2.45, 2.75) is 105 Å². The fraction of sp³-hybridized carbons (Fsp3) is 0.571. The molecule has 0 bridgehead atoms. The molecule has 0 heterocycles. The van der Waals surface area contributed by atoms with E-state index < -0.39 is 0 Å². The van der Waals surface area contributed by atoms with Crippen LogP contribution in [0.4, 0.5) is 0 Å². The second kappa shape index (κ2) is 12.7. The Labute approximate surface area is 184 Å². The molecule has 0 saturated carbocycles. The molecule has 0 radical (unpaired) electrons. The van der Waals surface area contributed by atoms with Crippen LogP contribution in [-0.4, -0.2) is 10.2 Å². The third-order valence-electron chi connectivity index (χ3n) is 6.21. The normalized spacial score (nSPS) is 11.2. The topological polar surface area (TPSA) is 40.5 Å². The molecule has 0 saturated heterocycles. The van der Waals surface area contributed by atoms with E-state index in [0.717, 1.165) is 93.7 Å². The second-order valence-corrected chi connectivity index (χ2v) is 8.57. The van der Waals surface area contributed by atoms with Crippen LogP contribution in [0.3, 0.4) is 0 Å². The van der Waals surface area contributed by atoms with E-state index in [9.17, 15) is 10.2 Å². The molecule has 2 heteroatoms. The van der Waals surface area contributed by atoms with Gasteiger partial charge in [0.15, 0.2) is 0 Å². The molecule has 2 N–H and O–H groups in total. The SMILES string of the molecule is CCCCc1c(O)c(-c2ccccc2O)c(CCCC)c(CCCC)c1CCCC. The van der Waals surface area contributed by atoms with Crippen LogP contribution < -0.4 is 0 Å². The summed E-state index contributed by atoms with van der Waals surface area (Å²) in [5.41, 5.74) is 6.94. The Hall–Kier alpha value is -1.96. The third kappa shape index (κ3) is 5.80. The second-order valence-electron chi connectivity index (χ2n) is 8.57. The molecule has 0 unspecified atom stereocenters. The summed E-state index contributed by atoms with van der Waals surface area (Å²) in [5.74, 6) is 0.678. The average molecular weight is 411 g/mol. The van der Waals surface area contributed by atoms with E-state index in [2.05, 4.69) is 27.7 Å². The largest absolute Gasteiger partial charge is 0.507 e. The number of hydrogen-bond donors (Lipinski definition) is 2. The first-order valence-corrected chi connectivity index (χ1v) is 12.3. The van der Waals surface area contributed by atoms with Crippen LogP contribution >= 0.6 is 0 Å². The number of benzene rings is 2. The molecule has 0 amide bonds.